The van der Waals surface area contributed by atoms with Gasteiger partial charge in [-0.05, 0) is 25.3 Å². The number of piperidine rings is 1. The number of hydrogen-bond acceptors (Lipinski definition) is 5. The first-order chi connectivity index (χ1) is 12.8. The quantitative estimate of drug-likeness (QED) is 0.860. The van der Waals surface area contributed by atoms with Gasteiger partial charge in [0.1, 0.15) is 5.82 Å². The van der Waals surface area contributed by atoms with Gasteiger partial charge in [-0.2, -0.15) is 0 Å². The molecule has 1 atom stereocenters. The molecule has 0 saturated carbocycles. The highest BCUT2D eigenvalue weighted by atomic mass is 16.2. The van der Waals surface area contributed by atoms with Crippen LogP contribution in [-0.2, 0) is 16.1 Å². The Balaban J connectivity index is 1.82. The molecule has 2 fully saturated rings. The number of anilines is 1. The second kappa shape index (κ2) is 7.84. The summed E-state index contributed by atoms with van der Waals surface area (Å²) >= 11 is 0. The molecule has 0 aliphatic carbocycles. The zero-order valence-electron chi connectivity index (χ0n) is 16.9. The van der Waals surface area contributed by atoms with Gasteiger partial charge < -0.3 is 15.1 Å². The van der Waals surface area contributed by atoms with Crippen LogP contribution in [-0.4, -0.2) is 71.9 Å². The van der Waals surface area contributed by atoms with Gasteiger partial charge in [-0.3, -0.25) is 14.5 Å². The fourth-order valence-electron chi connectivity index (χ4n) is 4.65. The highest BCUT2D eigenvalue weighted by Gasteiger charge is 2.47. The Bertz CT molecular complexity index is 697. The molecule has 0 bridgehead atoms. The lowest BCUT2D eigenvalue weighted by Crippen LogP contribution is -2.52. The lowest BCUT2D eigenvalue weighted by Gasteiger charge is -2.45. The van der Waals surface area contributed by atoms with Crippen molar-refractivity contribution < 1.29 is 9.59 Å². The first kappa shape index (κ1) is 19.6. The molecule has 27 heavy (non-hydrogen) atoms. The molecule has 3 heterocycles. The molecule has 2 aliphatic rings. The van der Waals surface area contributed by atoms with Crippen molar-refractivity contribution >= 4 is 17.6 Å². The predicted octanol–water partition coefficient (Wildman–Crippen LogP) is 1.24. The second-order valence-corrected chi connectivity index (χ2v) is 8.09. The highest BCUT2D eigenvalue weighted by Crippen LogP contribution is 2.40. The maximum absolute atomic E-state index is 11.7. The Morgan fingerprint density at radius 3 is 2.59 bits per heavy atom. The van der Waals surface area contributed by atoms with Gasteiger partial charge in [0.2, 0.25) is 11.8 Å². The van der Waals surface area contributed by atoms with Gasteiger partial charge in [-0.15, -0.1) is 0 Å². The van der Waals surface area contributed by atoms with Crippen LogP contribution in [0.25, 0.3) is 0 Å². The van der Waals surface area contributed by atoms with Gasteiger partial charge in [0.15, 0.2) is 0 Å². The standard InChI is InChI=1S/C20H31N5O2/c1-15(26)22-18-12-20(7-10-24(11-8-20)16(2)27)25(14-18)13-17-6-5-9-21-19(17)23(3)4/h5-6,9,18H,7-8,10-14H2,1-4H3,(H,22,26). The average Bonchev–Trinajstić information content (AvgIpc) is 2.91. The zero-order chi connectivity index (χ0) is 19.6. The molecule has 0 aromatic carbocycles. The first-order valence-corrected chi connectivity index (χ1v) is 9.69. The molecule has 1 aromatic rings. The number of hydrogen-bond donors (Lipinski definition) is 1. The molecule has 148 valence electrons. The maximum Gasteiger partial charge on any atom is 0.219 e. The van der Waals surface area contributed by atoms with Gasteiger partial charge >= 0.3 is 0 Å². The highest BCUT2D eigenvalue weighted by molar-refractivity contribution is 5.73. The molecule has 7 nitrogen and oxygen atoms in total. The number of carbonyl (C=O) groups excluding carboxylic acids is 2. The molecule has 2 aliphatic heterocycles. The molecule has 1 spiro atoms. The molecule has 2 saturated heterocycles. The summed E-state index contributed by atoms with van der Waals surface area (Å²) in [5, 5.41) is 3.11. The second-order valence-electron chi connectivity index (χ2n) is 8.09. The average molecular weight is 374 g/mol. The summed E-state index contributed by atoms with van der Waals surface area (Å²) in [6.07, 6.45) is 4.65. The van der Waals surface area contributed by atoms with E-state index in [0.717, 1.165) is 51.3 Å². The number of rotatable bonds is 4. The number of carbonyl (C=O) groups is 2. The fourth-order valence-corrected chi connectivity index (χ4v) is 4.65. The number of amides is 2. The SMILES string of the molecule is CC(=O)NC1CN(Cc2cccnc2N(C)C)C2(CCN(C(C)=O)CC2)C1. The van der Waals surface area contributed by atoms with Crippen LogP contribution in [0.3, 0.4) is 0 Å². The van der Waals surface area contributed by atoms with Crippen LogP contribution in [0.15, 0.2) is 18.3 Å². The molecule has 3 rings (SSSR count). The van der Waals surface area contributed by atoms with E-state index in [1.54, 1.807) is 13.8 Å². The van der Waals surface area contributed by atoms with Crippen molar-refractivity contribution in [2.75, 3.05) is 38.6 Å². The summed E-state index contributed by atoms with van der Waals surface area (Å²) in [6, 6.07) is 4.27. The van der Waals surface area contributed by atoms with Crippen molar-refractivity contribution in [2.24, 2.45) is 0 Å². The summed E-state index contributed by atoms with van der Waals surface area (Å²) in [5.74, 6) is 1.15. The molecule has 1 unspecified atom stereocenters. The Labute approximate surface area is 161 Å². The summed E-state index contributed by atoms with van der Waals surface area (Å²) in [4.78, 5) is 34.4. The molecule has 2 amide bonds. The van der Waals surface area contributed by atoms with Crippen LogP contribution < -0.4 is 10.2 Å². The van der Waals surface area contributed by atoms with E-state index in [2.05, 4.69) is 21.3 Å². The van der Waals surface area contributed by atoms with Crippen molar-refractivity contribution in [2.45, 2.75) is 51.2 Å². The normalized spacial score (nSPS) is 22.1. The summed E-state index contributed by atoms with van der Waals surface area (Å²) in [7, 11) is 4.02. The molecule has 0 radical (unpaired) electrons. The molecule has 7 heteroatoms. The van der Waals surface area contributed by atoms with Crippen LogP contribution in [0, 0.1) is 0 Å². The van der Waals surface area contributed by atoms with Crippen molar-refractivity contribution in [1.82, 2.24) is 20.1 Å². The predicted molar refractivity (Wildman–Crippen MR) is 105 cm³/mol. The number of pyridine rings is 1. The molecule has 1 N–H and O–H groups in total. The Hall–Kier alpha value is -2.15. The van der Waals surface area contributed by atoms with E-state index < -0.39 is 0 Å². The first-order valence-electron chi connectivity index (χ1n) is 9.69. The summed E-state index contributed by atoms with van der Waals surface area (Å²) in [6.45, 7) is 6.43. The summed E-state index contributed by atoms with van der Waals surface area (Å²) < 4.78 is 0. The van der Waals surface area contributed by atoms with E-state index in [1.807, 2.05) is 36.2 Å². The Morgan fingerprint density at radius 1 is 1.30 bits per heavy atom. The smallest absolute Gasteiger partial charge is 0.219 e. The number of nitrogens with zero attached hydrogens (tertiary/aromatic N) is 4. The lowest BCUT2D eigenvalue weighted by atomic mass is 9.84. The summed E-state index contributed by atoms with van der Waals surface area (Å²) in [5.41, 5.74) is 1.22. The van der Waals surface area contributed by atoms with E-state index >= 15 is 0 Å². The maximum atomic E-state index is 11.7. The van der Waals surface area contributed by atoms with Gasteiger partial charge in [0.05, 0.1) is 0 Å². The molecule has 1 aromatic heterocycles. The Kier molecular flexibility index (Phi) is 5.69. The minimum Gasteiger partial charge on any atom is -0.362 e. The van der Waals surface area contributed by atoms with Crippen LogP contribution in [0.5, 0.6) is 0 Å². The van der Waals surface area contributed by atoms with Gasteiger partial charge in [-0.25, -0.2) is 4.98 Å². The lowest BCUT2D eigenvalue weighted by molar-refractivity contribution is -0.131. The topological polar surface area (TPSA) is 68.8 Å². The van der Waals surface area contributed by atoms with Gasteiger partial charge in [0, 0.05) is 77.5 Å². The third kappa shape index (κ3) is 4.24. The van der Waals surface area contributed by atoms with Crippen molar-refractivity contribution in [3.63, 3.8) is 0 Å². The van der Waals surface area contributed by atoms with E-state index in [1.165, 1.54) is 5.56 Å². The Morgan fingerprint density at radius 2 is 2.00 bits per heavy atom. The zero-order valence-corrected chi connectivity index (χ0v) is 16.9. The van der Waals surface area contributed by atoms with Crippen LogP contribution in [0.4, 0.5) is 5.82 Å². The number of aromatic nitrogens is 1. The molecular weight excluding hydrogens is 342 g/mol. The number of likely N-dealkylation sites (tertiary alicyclic amines) is 2. The largest absolute Gasteiger partial charge is 0.362 e. The third-order valence-electron chi connectivity index (χ3n) is 5.94. The fraction of sp³-hybridized carbons (Fsp3) is 0.650. The van der Waals surface area contributed by atoms with E-state index in [-0.39, 0.29) is 23.4 Å². The monoisotopic (exact) mass is 373 g/mol. The number of nitrogens with one attached hydrogen (secondary N) is 1. The van der Waals surface area contributed by atoms with E-state index in [4.69, 9.17) is 0 Å². The minimum absolute atomic E-state index is 0.0218. The van der Waals surface area contributed by atoms with Crippen molar-refractivity contribution in [3.8, 4) is 0 Å². The third-order valence-corrected chi connectivity index (χ3v) is 5.94. The van der Waals surface area contributed by atoms with E-state index in [0.29, 0.717) is 0 Å². The van der Waals surface area contributed by atoms with Gasteiger partial charge in [-0.1, -0.05) is 6.07 Å². The minimum atomic E-state index is 0.0218. The van der Waals surface area contributed by atoms with Crippen molar-refractivity contribution in [1.29, 1.82) is 0 Å². The van der Waals surface area contributed by atoms with Gasteiger partial charge in [0.25, 0.3) is 0 Å². The van der Waals surface area contributed by atoms with Crippen LogP contribution in [0.1, 0.15) is 38.7 Å². The molecular formula is C20H31N5O2. The van der Waals surface area contributed by atoms with Crippen molar-refractivity contribution in [3.05, 3.63) is 23.9 Å². The van der Waals surface area contributed by atoms with E-state index in [9.17, 15) is 9.59 Å². The van der Waals surface area contributed by atoms with Crippen LogP contribution >= 0.6 is 0 Å². The van der Waals surface area contributed by atoms with Crippen LogP contribution in [0.2, 0.25) is 0 Å².